The summed E-state index contributed by atoms with van der Waals surface area (Å²) in [6.45, 7) is -1.35. The lowest BCUT2D eigenvalue weighted by Gasteiger charge is -2.18. The van der Waals surface area contributed by atoms with Gasteiger partial charge in [-0.1, -0.05) is 6.07 Å². The highest BCUT2D eigenvalue weighted by atomic mass is 16.4. The normalized spacial score (nSPS) is 10.3. The molecule has 0 unspecified atom stereocenters. The standard InChI is InChI=1S/C14H19N3O5/c1-16(2)11-5-3-4-10(6-11)15-12(18)7-17(8-13(19)20)9-14(21)22/h3-6H,7-9H2,1-2H3,(H,15,18)(H,19,20)(H,21,22). The maximum absolute atomic E-state index is 11.9. The van der Waals surface area contributed by atoms with Crippen molar-refractivity contribution in [2.24, 2.45) is 0 Å². The topological polar surface area (TPSA) is 110 Å². The Labute approximate surface area is 127 Å². The first-order chi connectivity index (χ1) is 10.3. The van der Waals surface area contributed by atoms with E-state index in [1.54, 1.807) is 18.2 Å². The van der Waals surface area contributed by atoms with E-state index >= 15 is 0 Å². The van der Waals surface area contributed by atoms with Crippen LogP contribution in [-0.4, -0.2) is 66.7 Å². The van der Waals surface area contributed by atoms with E-state index in [1.165, 1.54) is 0 Å². The minimum atomic E-state index is -1.19. The van der Waals surface area contributed by atoms with Gasteiger partial charge in [0.25, 0.3) is 0 Å². The van der Waals surface area contributed by atoms with E-state index in [0.29, 0.717) is 5.69 Å². The van der Waals surface area contributed by atoms with Crippen LogP contribution < -0.4 is 10.2 Å². The molecule has 0 radical (unpaired) electrons. The number of carbonyl (C=O) groups is 3. The molecule has 0 atom stereocenters. The molecule has 0 bridgehead atoms. The van der Waals surface area contributed by atoms with Gasteiger partial charge in [0.2, 0.25) is 5.91 Å². The van der Waals surface area contributed by atoms with E-state index in [4.69, 9.17) is 10.2 Å². The van der Waals surface area contributed by atoms with Gasteiger partial charge >= 0.3 is 11.9 Å². The molecule has 0 aliphatic carbocycles. The van der Waals surface area contributed by atoms with Crippen LogP contribution in [-0.2, 0) is 14.4 Å². The first-order valence-electron chi connectivity index (χ1n) is 6.51. The molecule has 22 heavy (non-hydrogen) atoms. The number of nitrogens with one attached hydrogen (secondary N) is 1. The minimum Gasteiger partial charge on any atom is -0.480 e. The molecule has 0 fully saturated rings. The van der Waals surface area contributed by atoms with Crippen molar-refractivity contribution < 1.29 is 24.6 Å². The Morgan fingerprint density at radius 3 is 2.14 bits per heavy atom. The minimum absolute atomic E-state index is 0.315. The molecule has 0 aliphatic rings. The maximum atomic E-state index is 11.9. The highest BCUT2D eigenvalue weighted by Crippen LogP contribution is 2.17. The quantitative estimate of drug-likeness (QED) is 0.627. The van der Waals surface area contributed by atoms with E-state index < -0.39 is 30.9 Å². The number of anilines is 2. The third-order valence-corrected chi connectivity index (χ3v) is 2.73. The van der Waals surface area contributed by atoms with Crippen molar-refractivity contribution in [3.05, 3.63) is 24.3 Å². The number of carbonyl (C=O) groups excluding carboxylic acids is 1. The van der Waals surface area contributed by atoms with Gasteiger partial charge in [0.15, 0.2) is 0 Å². The summed E-state index contributed by atoms with van der Waals surface area (Å²) in [7, 11) is 3.73. The van der Waals surface area contributed by atoms with Crippen LogP contribution in [0, 0.1) is 0 Å². The number of hydrogen-bond acceptors (Lipinski definition) is 5. The van der Waals surface area contributed by atoms with Crippen molar-refractivity contribution in [3.63, 3.8) is 0 Å². The van der Waals surface area contributed by atoms with Gasteiger partial charge in [0.1, 0.15) is 0 Å². The SMILES string of the molecule is CN(C)c1cccc(NC(=O)CN(CC(=O)O)CC(=O)O)c1. The molecule has 8 heteroatoms. The number of rotatable bonds is 8. The number of carboxylic acid groups (broad SMARTS) is 2. The van der Waals surface area contributed by atoms with Crippen LogP contribution in [0.2, 0.25) is 0 Å². The fraction of sp³-hybridized carbons (Fsp3) is 0.357. The number of amides is 1. The average Bonchev–Trinajstić information content (AvgIpc) is 2.36. The number of carboxylic acids is 2. The van der Waals surface area contributed by atoms with Gasteiger partial charge in [0.05, 0.1) is 19.6 Å². The van der Waals surface area contributed by atoms with Crippen LogP contribution in [0.15, 0.2) is 24.3 Å². The van der Waals surface area contributed by atoms with Gasteiger partial charge in [-0.05, 0) is 18.2 Å². The highest BCUT2D eigenvalue weighted by Gasteiger charge is 2.17. The molecule has 120 valence electrons. The smallest absolute Gasteiger partial charge is 0.317 e. The Balaban J connectivity index is 2.68. The Morgan fingerprint density at radius 1 is 1.05 bits per heavy atom. The van der Waals surface area contributed by atoms with Gasteiger partial charge in [-0.3, -0.25) is 19.3 Å². The second kappa shape index (κ2) is 7.99. The molecule has 1 rings (SSSR count). The molecule has 1 aromatic carbocycles. The van der Waals surface area contributed by atoms with Gasteiger partial charge < -0.3 is 20.4 Å². The van der Waals surface area contributed by atoms with Crippen LogP contribution in [0.1, 0.15) is 0 Å². The molecule has 0 spiro atoms. The highest BCUT2D eigenvalue weighted by molar-refractivity contribution is 5.93. The van der Waals surface area contributed by atoms with E-state index in [2.05, 4.69) is 5.32 Å². The van der Waals surface area contributed by atoms with Crippen LogP contribution in [0.5, 0.6) is 0 Å². The Kier molecular flexibility index (Phi) is 6.33. The Bertz CT molecular complexity index is 543. The molecular weight excluding hydrogens is 290 g/mol. The predicted octanol–water partition coefficient (Wildman–Crippen LogP) is 0.162. The van der Waals surface area contributed by atoms with Crippen molar-refractivity contribution in [2.75, 3.05) is 43.9 Å². The number of hydrogen-bond donors (Lipinski definition) is 3. The summed E-state index contributed by atoms with van der Waals surface area (Å²) in [5.41, 5.74) is 1.45. The van der Waals surface area contributed by atoms with Crippen molar-refractivity contribution in [1.29, 1.82) is 0 Å². The molecule has 3 N–H and O–H groups in total. The van der Waals surface area contributed by atoms with Crippen LogP contribution in [0.3, 0.4) is 0 Å². The molecule has 1 amide bonds. The summed E-state index contributed by atoms with van der Waals surface area (Å²) in [5, 5.41) is 20.1. The largest absolute Gasteiger partial charge is 0.480 e. The summed E-state index contributed by atoms with van der Waals surface area (Å²) >= 11 is 0. The zero-order chi connectivity index (χ0) is 16.7. The van der Waals surface area contributed by atoms with Gasteiger partial charge in [0, 0.05) is 25.5 Å². The van der Waals surface area contributed by atoms with Crippen molar-refractivity contribution in [3.8, 4) is 0 Å². The van der Waals surface area contributed by atoms with Crippen molar-refractivity contribution in [1.82, 2.24) is 4.90 Å². The van der Waals surface area contributed by atoms with E-state index in [-0.39, 0.29) is 6.54 Å². The Hall–Kier alpha value is -2.61. The molecule has 0 saturated carbocycles. The summed E-state index contributed by atoms with van der Waals surface area (Å²) in [6, 6.07) is 7.11. The molecule has 0 saturated heterocycles. The van der Waals surface area contributed by atoms with Crippen LogP contribution in [0.25, 0.3) is 0 Å². The number of aliphatic carboxylic acids is 2. The summed E-state index contributed by atoms with van der Waals surface area (Å²) in [6.07, 6.45) is 0. The second-order valence-corrected chi connectivity index (χ2v) is 4.93. The molecule has 0 aromatic heterocycles. The van der Waals surface area contributed by atoms with E-state index in [0.717, 1.165) is 10.6 Å². The molecule has 8 nitrogen and oxygen atoms in total. The first-order valence-corrected chi connectivity index (χ1v) is 6.51. The number of nitrogens with zero attached hydrogens (tertiary/aromatic N) is 2. The maximum Gasteiger partial charge on any atom is 0.317 e. The third kappa shape index (κ3) is 6.23. The lowest BCUT2D eigenvalue weighted by atomic mass is 10.2. The van der Waals surface area contributed by atoms with E-state index in [9.17, 15) is 14.4 Å². The van der Waals surface area contributed by atoms with Crippen molar-refractivity contribution >= 4 is 29.2 Å². The Morgan fingerprint density at radius 2 is 1.64 bits per heavy atom. The summed E-state index contributed by atoms with van der Waals surface area (Å²) < 4.78 is 0. The zero-order valence-corrected chi connectivity index (χ0v) is 12.4. The van der Waals surface area contributed by atoms with Crippen LogP contribution >= 0.6 is 0 Å². The van der Waals surface area contributed by atoms with Crippen molar-refractivity contribution in [2.45, 2.75) is 0 Å². The van der Waals surface area contributed by atoms with E-state index in [1.807, 2.05) is 25.1 Å². The average molecular weight is 309 g/mol. The fourth-order valence-corrected chi connectivity index (χ4v) is 1.82. The zero-order valence-electron chi connectivity index (χ0n) is 12.4. The fourth-order valence-electron chi connectivity index (χ4n) is 1.82. The molecular formula is C14H19N3O5. The monoisotopic (exact) mass is 309 g/mol. The molecule has 1 aromatic rings. The lowest BCUT2D eigenvalue weighted by molar-refractivity contribution is -0.142. The third-order valence-electron chi connectivity index (χ3n) is 2.73. The first kappa shape index (κ1) is 17.4. The lowest BCUT2D eigenvalue weighted by Crippen LogP contribution is -2.40. The second-order valence-electron chi connectivity index (χ2n) is 4.93. The summed E-state index contributed by atoms with van der Waals surface area (Å²) in [5.74, 6) is -2.86. The molecule has 0 heterocycles. The summed E-state index contributed by atoms with van der Waals surface area (Å²) in [4.78, 5) is 36.2. The van der Waals surface area contributed by atoms with Crippen LogP contribution in [0.4, 0.5) is 11.4 Å². The number of benzene rings is 1. The van der Waals surface area contributed by atoms with Gasteiger partial charge in [-0.2, -0.15) is 0 Å². The molecule has 0 aliphatic heterocycles. The predicted molar refractivity (Wildman–Crippen MR) is 81.1 cm³/mol. The van der Waals surface area contributed by atoms with Gasteiger partial charge in [-0.15, -0.1) is 0 Å². The van der Waals surface area contributed by atoms with Gasteiger partial charge in [-0.25, -0.2) is 0 Å².